The number of rotatable bonds is 8. The first kappa shape index (κ1) is 24.7. The fourth-order valence-electron chi connectivity index (χ4n) is 3.25. The zero-order valence-electron chi connectivity index (χ0n) is 18.1. The maximum absolute atomic E-state index is 5.99. The van der Waals surface area contributed by atoms with Crippen LogP contribution in [-0.4, -0.2) is 31.8 Å². The molecule has 166 valence electrons. The first-order chi connectivity index (χ1) is 14.1. The van der Waals surface area contributed by atoms with Gasteiger partial charge in [-0.3, -0.25) is 0 Å². The molecular formula is C23H34IN3O3. The van der Waals surface area contributed by atoms with E-state index in [0.29, 0.717) is 19.3 Å². The number of guanidine groups is 1. The number of nitrogens with zero attached hydrogens (tertiary/aromatic N) is 1. The van der Waals surface area contributed by atoms with E-state index >= 15 is 0 Å². The van der Waals surface area contributed by atoms with Crippen molar-refractivity contribution in [3.63, 3.8) is 0 Å². The topological polar surface area (TPSA) is 68.0 Å². The lowest BCUT2D eigenvalue weighted by molar-refractivity contribution is -0.0390. The molecule has 1 aromatic heterocycles. The van der Waals surface area contributed by atoms with Gasteiger partial charge in [0.1, 0.15) is 11.5 Å². The minimum atomic E-state index is 0. The fraction of sp³-hybridized carbons (Fsp3) is 0.522. The molecule has 1 atom stereocenters. The number of ether oxygens (including phenoxy) is 2. The van der Waals surface area contributed by atoms with Gasteiger partial charge in [0.2, 0.25) is 0 Å². The van der Waals surface area contributed by atoms with Crippen molar-refractivity contribution in [2.75, 3.05) is 19.8 Å². The van der Waals surface area contributed by atoms with E-state index in [1.165, 1.54) is 11.1 Å². The Hall–Kier alpha value is -1.58. The molecule has 1 saturated heterocycles. The van der Waals surface area contributed by atoms with Crippen LogP contribution >= 0.6 is 24.0 Å². The SMILES string of the molecule is CCNC(=NCc1ccc(COC2CCOCC2)cc1)NC(C)c1ccc(C)o1.I. The van der Waals surface area contributed by atoms with Gasteiger partial charge in [-0.05, 0) is 56.9 Å². The molecule has 1 fully saturated rings. The predicted molar refractivity (Wildman–Crippen MR) is 130 cm³/mol. The molecule has 1 aliphatic heterocycles. The number of aryl methyl sites for hydroxylation is 1. The van der Waals surface area contributed by atoms with Crippen molar-refractivity contribution in [3.05, 3.63) is 59.0 Å². The molecule has 0 radical (unpaired) electrons. The molecule has 3 rings (SSSR count). The molecule has 0 aliphatic carbocycles. The van der Waals surface area contributed by atoms with E-state index in [1.807, 2.05) is 19.1 Å². The van der Waals surface area contributed by atoms with Gasteiger partial charge < -0.3 is 24.5 Å². The number of benzene rings is 1. The number of halogens is 1. The van der Waals surface area contributed by atoms with E-state index < -0.39 is 0 Å². The van der Waals surface area contributed by atoms with Crippen LogP contribution < -0.4 is 10.6 Å². The van der Waals surface area contributed by atoms with Crippen LogP contribution in [0.3, 0.4) is 0 Å². The standard InChI is InChI=1S/C23H33N3O3.HI/c1-4-24-23(26-18(3)22-10-5-17(2)29-22)25-15-19-6-8-20(9-7-19)16-28-21-11-13-27-14-12-21;/h5-10,18,21H,4,11-16H2,1-3H3,(H2,24,25,26);1H. The summed E-state index contributed by atoms with van der Waals surface area (Å²) in [5, 5.41) is 6.70. The van der Waals surface area contributed by atoms with Crippen LogP contribution in [0.15, 0.2) is 45.8 Å². The Balaban J connectivity index is 0.00000320. The van der Waals surface area contributed by atoms with E-state index in [4.69, 9.17) is 18.9 Å². The Kier molecular flexibility index (Phi) is 10.7. The smallest absolute Gasteiger partial charge is 0.192 e. The number of aliphatic imine (C=N–C) groups is 1. The fourth-order valence-corrected chi connectivity index (χ4v) is 3.25. The van der Waals surface area contributed by atoms with Crippen molar-refractivity contribution in [2.24, 2.45) is 4.99 Å². The average Bonchev–Trinajstić information content (AvgIpc) is 3.19. The number of hydrogen-bond acceptors (Lipinski definition) is 4. The molecule has 2 heterocycles. The van der Waals surface area contributed by atoms with Gasteiger partial charge in [-0.25, -0.2) is 4.99 Å². The van der Waals surface area contributed by atoms with Crippen molar-refractivity contribution in [1.82, 2.24) is 10.6 Å². The van der Waals surface area contributed by atoms with Crippen LogP contribution in [0.1, 0.15) is 55.4 Å². The lowest BCUT2D eigenvalue weighted by atomic mass is 10.1. The van der Waals surface area contributed by atoms with Crippen molar-refractivity contribution in [2.45, 2.75) is 58.9 Å². The molecule has 7 heteroatoms. The van der Waals surface area contributed by atoms with Crippen LogP contribution in [0.5, 0.6) is 0 Å². The molecule has 0 spiro atoms. The van der Waals surface area contributed by atoms with Gasteiger partial charge in [0.05, 0.1) is 25.3 Å². The number of furan rings is 1. The third-order valence-electron chi connectivity index (χ3n) is 4.98. The predicted octanol–water partition coefficient (Wildman–Crippen LogP) is 4.72. The normalized spacial score (nSPS) is 16.0. The van der Waals surface area contributed by atoms with Crippen molar-refractivity contribution in [3.8, 4) is 0 Å². The molecule has 2 N–H and O–H groups in total. The zero-order valence-corrected chi connectivity index (χ0v) is 20.5. The molecule has 0 amide bonds. The largest absolute Gasteiger partial charge is 0.464 e. The summed E-state index contributed by atoms with van der Waals surface area (Å²) in [5.74, 6) is 2.60. The van der Waals surface area contributed by atoms with Crippen molar-refractivity contribution >= 4 is 29.9 Å². The van der Waals surface area contributed by atoms with Crippen molar-refractivity contribution in [1.29, 1.82) is 0 Å². The number of nitrogens with one attached hydrogen (secondary N) is 2. The maximum Gasteiger partial charge on any atom is 0.192 e. The first-order valence-corrected chi connectivity index (χ1v) is 10.5. The first-order valence-electron chi connectivity index (χ1n) is 10.5. The third-order valence-corrected chi connectivity index (χ3v) is 4.98. The highest BCUT2D eigenvalue weighted by atomic mass is 127. The lowest BCUT2D eigenvalue weighted by Gasteiger charge is -2.22. The van der Waals surface area contributed by atoms with Crippen LogP contribution in [0, 0.1) is 6.92 Å². The van der Waals surface area contributed by atoms with Crippen LogP contribution in [0.2, 0.25) is 0 Å². The van der Waals surface area contributed by atoms with Gasteiger partial charge in [-0.15, -0.1) is 24.0 Å². The van der Waals surface area contributed by atoms with Crippen LogP contribution in [0.4, 0.5) is 0 Å². The molecule has 2 aromatic rings. The second kappa shape index (κ2) is 13.0. The monoisotopic (exact) mass is 527 g/mol. The van der Waals surface area contributed by atoms with Crippen LogP contribution in [-0.2, 0) is 22.6 Å². The molecule has 0 bridgehead atoms. The van der Waals surface area contributed by atoms with Gasteiger partial charge >= 0.3 is 0 Å². The second-order valence-corrected chi connectivity index (χ2v) is 7.45. The summed E-state index contributed by atoms with van der Waals surface area (Å²) < 4.78 is 17.1. The summed E-state index contributed by atoms with van der Waals surface area (Å²) in [6.45, 7) is 9.76. The summed E-state index contributed by atoms with van der Waals surface area (Å²) in [7, 11) is 0. The quantitative estimate of drug-likeness (QED) is 0.296. The van der Waals surface area contributed by atoms with Gasteiger partial charge in [-0.2, -0.15) is 0 Å². The third kappa shape index (κ3) is 7.92. The van der Waals surface area contributed by atoms with E-state index in [2.05, 4.69) is 48.7 Å². The summed E-state index contributed by atoms with van der Waals surface area (Å²) in [6.07, 6.45) is 2.30. The lowest BCUT2D eigenvalue weighted by Crippen LogP contribution is -2.38. The highest BCUT2D eigenvalue weighted by Gasteiger charge is 2.14. The van der Waals surface area contributed by atoms with E-state index in [-0.39, 0.29) is 30.0 Å². The van der Waals surface area contributed by atoms with Gasteiger partial charge in [0, 0.05) is 19.8 Å². The van der Waals surface area contributed by atoms with E-state index in [9.17, 15) is 0 Å². The van der Waals surface area contributed by atoms with Crippen LogP contribution in [0.25, 0.3) is 0 Å². The van der Waals surface area contributed by atoms with Gasteiger partial charge in [-0.1, -0.05) is 24.3 Å². The van der Waals surface area contributed by atoms with E-state index in [1.54, 1.807) is 0 Å². The number of hydrogen-bond donors (Lipinski definition) is 2. The van der Waals surface area contributed by atoms with Gasteiger partial charge in [0.25, 0.3) is 0 Å². The zero-order chi connectivity index (χ0) is 20.5. The average molecular weight is 527 g/mol. The Morgan fingerprint density at radius 2 is 1.83 bits per heavy atom. The molecule has 0 saturated carbocycles. The van der Waals surface area contributed by atoms with E-state index in [0.717, 1.165) is 50.1 Å². The highest BCUT2D eigenvalue weighted by Crippen LogP contribution is 2.16. The molecule has 1 unspecified atom stereocenters. The summed E-state index contributed by atoms with van der Waals surface area (Å²) >= 11 is 0. The Bertz CT molecular complexity index is 770. The summed E-state index contributed by atoms with van der Waals surface area (Å²) in [4.78, 5) is 4.71. The summed E-state index contributed by atoms with van der Waals surface area (Å²) in [6, 6.07) is 12.5. The molecule has 6 nitrogen and oxygen atoms in total. The Labute approximate surface area is 196 Å². The Morgan fingerprint density at radius 1 is 1.13 bits per heavy atom. The molecule has 30 heavy (non-hydrogen) atoms. The molecular weight excluding hydrogens is 493 g/mol. The summed E-state index contributed by atoms with van der Waals surface area (Å²) in [5.41, 5.74) is 2.36. The van der Waals surface area contributed by atoms with Crippen molar-refractivity contribution < 1.29 is 13.9 Å². The minimum absolute atomic E-state index is 0. The molecule has 1 aromatic carbocycles. The maximum atomic E-state index is 5.99. The molecule has 1 aliphatic rings. The second-order valence-electron chi connectivity index (χ2n) is 7.45. The minimum Gasteiger partial charge on any atom is -0.464 e. The Morgan fingerprint density at radius 3 is 2.47 bits per heavy atom. The van der Waals surface area contributed by atoms with Gasteiger partial charge in [0.15, 0.2) is 5.96 Å². The highest BCUT2D eigenvalue weighted by molar-refractivity contribution is 14.0.